The maximum Gasteiger partial charge on any atom is 0.0969 e. The van der Waals surface area contributed by atoms with Crippen LogP contribution in [0.1, 0.15) is 18.2 Å². The fourth-order valence-electron chi connectivity index (χ4n) is 1.61. The topological polar surface area (TPSA) is 42.7 Å². The Morgan fingerprint density at radius 1 is 1.35 bits per heavy atom. The van der Waals surface area contributed by atoms with E-state index in [0.717, 1.165) is 28.9 Å². The average molecular weight is 295 g/mol. The summed E-state index contributed by atoms with van der Waals surface area (Å²) in [6.45, 7) is 5.82. The van der Waals surface area contributed by atoms with Gasteiger partial charge in [-0.3, -0.25) is 0 Å². The minimum Gasteiger partial charge on any atom is -0.311 e. The Morgan fingerprint density at radius 3 is 2.88 bits per heavy atom. The highest BCUT2D eigenvalue weighted by molar-refractivity contribution is 9.10. The summed E-state index contributed by atoms with van der Waals surface area (Å²) in [4.78, 5) is 0. The van der Waals surface area contributed by atoms with Crippen molar-refractivity contribution >= 4 is 15.9 Å². The highest BCUT2D eigenvalue weighted by Gasteiger charge is 2.03. The third-order valence-electron chi connectivity index (χ3n) is 2.39. The summed E-state index contributed by atoms with van der Waals surface area (Å²) in [5, 5.41) is 11.5. The molecule has 0 atom stereocenters. The molecule has 2 aromatic rings. The van der Waals surface area contributed by atoms with Gasteiger partial charge in [0.2, 0.25) is 0 Å². The summed E-state index contributed by atoms with van der Waals surface area (Å²) >= 11 is 3.49. The maximum absolute atomic E-state index is 4.13. The summed E-state index contributed by atoms with van der Waals surface area (Å²) in [7, 11) is 0. The number of aryl methyl sites for hydroxylation is 1. The van der Waals surface area contributed by atoms with Gasteiger partial charge in [-0.25, -0.2) is 4.68 Å². The van der Waals surface area contributed by atoms with Crippen LogP contribution in [0.25, 0.3) is 5.69 Å². The van der Waals surface area contributed by atoms with E-state index in [1.54, 1.807) is 4.68 Å². The molecule has 0 fully saturated rings. The number of halogens is 1. The Morgan fingerprint density at radius 2 is 2.18 bits per heavy atom. The molecule has 0 bridgehead atoms. The highest BCUT2D eigenvalue weighted by atomic mass is 79.9. The van der Waals surface area contributed by atoms with Crippen molar-refractivity contribution in [3.05, 3.63) is 40.1 Å². The van der Waals surface area contributed by atoms with Gasteiger partial charge < -0.3 is 5.32 Å². The molecule has 0 saturated carbocycles. The third-order valence-corrected chi connectivity index (χ3v) is 2.85. The molecular formula is C12H15BrN4. The number of nitrogens with zero attached hydrogens (tertiary/aromatic N) is 3. The number of benzene rings is 1. The largest absolute Gasteiger partial charge is 0.311 e. The lowest BCUT2D eigenvalue weighted by Gasteiger charge is -2.02. The molecule has 0 saturated heterocycles. The lowest BCUT2D eigenvalue weighted by Crippen LogP contribution is -2.11. The molecule has 5 heteroatoms. The van der Waals surface area contributed by atoms with Crippen LogP contribution in [0.5, 0.6) is 0 Å². The first-order chi connectivity index (χ1) is 8.19. The minimum absolute atomic E-state index is 0.753. The first-order valence-electron chi connectivity index (χ1n) is 5.58. The Balaban J connectivity index is 2.24. The first kappa shape index (κ1) is 12.3. The van der Waals surface area contributed by atoms with Gasteiger partial charge in [-0.2, -0.15) is 0 Å². The maximum atomic E-state index is 4.13. The van der Waals surface area contributed by atoms with Crippen molar-refractivity contribution in [2.75, 3.05) is 6.54 Å². The van der Waals surface area contributed by atoms with Gasteiger partial charge in [0.05, 0.1) is 17.6 Å². The lowest BCUT2D eigenvalue weighted by molar-refractivity contribution is 0.705. The molecule has 1 aromatic heterocycles. The van der Waals surface area contributed by atoms with E-state index in [1.807, 2.05) is 12.3 Å². The molecule has 1 heterocycles. The van der Waals surface area contributed by atoms with Gasteiger partial charge in [-0.1, -0.05) is 28.1 Å². The van der Waals surface area contributed by atoms with Crippen molar-refractivity contribution in [3.8, 4) is 5.69 Å². The van der Waals surface area contributed by atoms with E-state index in [2.05, 4.69) is 57.5 Å². The zero-order valence-electron chi connectivity index (χ0n) is 9.94. The fraction of sp³-hybridized carbons (Fsp3) is 0.333. The Labute approximate surface area is 109 Å². The van der Waals surface area contributed by atoms with E-state index >= 15 is 0 Å². The van der Waals surface area contributed by atoms with Crippen LogP contribution in [0.4, 0.5) is 0 Å². The summed E-state index contributed by atoms with van der Waals surface area (Å²) in [5.74, 6) is 0. The first-order valence-corrected chi connectivity index (χ1v) is 6.38. The quantitative estimate of drug-likeness (QED) is 0.942. The molecule has 0 unspecified atom stereocenters. The van der Waals surface area contributed by atoms with Gasteiger partial charge in [0.25, 0.3) is 0 Å². The molecular weight excluding hydrogens is 280 g/mol. The molecule has 17 heavy (non-hydrogen) atoms. The molecule has 2 rings (SSSR count). The van der Waals surface area contributed by atoms with E-state index in [-0.39, 0.29) is 0 Å². The van der Waals surface area contributed by atoms with Crippen LogP contribution in [-0.4, -0.2) is 21.5 Å². The van der Waals surface area contributed by atoms with E-state index in [9.17, 15) is 0 Å². The smallest absolute Gasteiger partial charge is 0.0969 e. The predicted molar refractivity (Wildman–Crippen MR) is 71.2 cm³/mol. The molecule has 90 valence electrons. The molecule has 4 nitrogen and oxygen atoms in total. The fourth-order valence-corrected chi connectivity index (χ4v) is 2.20. The standard InChI is InChI=1S/C12H15BrN4/c1-3-14-7-11-8-17(16-15-11)12-5-9(2)4-10(13)6-12/h4-6,8,14H,3,7H2,1-2H3. The van der Waals surface area contributed by atoms with Crippen molar-refractivity contribution < 1.29 is 0 Å². The number of aromatic nitrogens is 3. The van der Waals surface area contributed by atoms with Gasteiger partial charge in [-0.15, -0.1) is 5.10 Å². The zero-order valence-corrected chi connectivity index (χ0v) is 11.5. The van der Waals surface area contributed by atoms with Crippen LogP contribution in [0.2, 0.25) is 0 Å². The van der Waals surface area contributed by atoms with E-state index in [0.29, 0.717) is 0 Å². The summed E-state index contributed by atoms with van der Waals surface area (Å²) in [6.07, 6.45) is 1.95. The Hall–Kier alpha value is -1.20. The monoisotopic (exact) mass is 294 g/mol. The van der Waals surface area contributed by atoms with Crippen molar-refractivity contribution in [2.45, 2.75) is 20.4 Å². The molecule has 0 spiro atoms. The average Bonchev–Trinajstić information content (AvgIpc) is 2.73. The normalized spacial score (nSPS) is 10.8. The van der Waals surface area contributed by atoms with Crippen molar-refractivity contribution in [3.63, 3.8) is 0 Å². The Bertz CT molecular complexity index is 487. The van der Waals surface area contributed by atoms with Gasteiger partial charge in [0, 0.05) is 11.0 Å². The van der Waals surface area contributed by atoms with Crippen molar-refractivity contribution in [1.82, 2.24) is 20.3 Å². The van der Waals surface area contributed by atoms with Gasteiger partial charge in [0.15, 0.2) is 0 Å². The molecule has 0 radical (unpaired) electrons. The number of hydrogen-bond acceptors (Lipinski definition) is 3. The predicted octanol–water partition coefficient (Wildman–Crippen LogP) is 2.45. The van der Waals surface area contributed by atoms with Crippen LogP contribution in [0.15, 0.2) is 28.9 Å². The zero-order chi connectivity index (χ0) is 12.3. The van der Waals surface area contributed by atoms with E-state index in [1.165, 1.54) is 5.56 Å². The molecule has 0 aliphatic carbocycles. The summed E-state index contributed by atoms with van der Waals surface area (Å²) in [5.41, 5.74) is 3.16. The Kier molecular flexibility index (Phi) is 3.91. The molecule has 1 N–H and O–H groups in total. The molecule has 0 aliphatic rings. The van der Waals surface area contributed by atoms with Gasteiger partial charge in [0.1, 0.15) is 0 Å². The number of hydrogen-bond donors (Lipinski definition) is 1. The van der Waals surface area contributed by atoms with Gasteiger partial charge >= 0.3 is 0 Å². The van der Waals surface area contributed by atoms with Gasteiger partial charge in [-0.05, 0) is 37.2 Å². The van der Waals surface area contributed by atoms with Crippen LogP contribution >= 0.6 is 15.9 Å². The molecule has 0 aliphatic heterocycles. The third kappa shape index (κ3) is 3.14. The van der Waals surface area contributed by atoms with Crippen LogP contribution < -0.4 is 5.32 Å². The number of nitrogens with one attached hydrogen (secondary N) is 1. The second kappa shape index (κ2) is 5.42. The molecule has 1 aromatic carbocycles. The van der Waals surface area contributed by atoms with E-state index in [4.69, 9.17) is 0 Å². The summed E-state index contributed by atoms with van der Waals surface area (Å²) in [6, 6.07) is 6.18. The highest BCUT2D eigenvalue weighted by Crippen LogP contribution is 2.17. The van der Waals surface area contributed by atoms with Crippen molar-refractivity contribution in [1.29, 1.82) is 0 Å². The SMILES string of the molecule is CCNCc1cn(-c2cc(C)cc(Br)c2)nn1. The minimum atomic E-state index is 0.753. The second-order valence-corrected chi connectivity index (χ2v) is 4.84. The molecule has 0 amide bonds. The summed E-state index contributed by atoms with van der Waals surface area (Å²) < 4.78 is 2.85. The lowest BCUT2D eigenvalue weighted by atomic mass is 10.2. The second-order valence-electron chi connectivity index (χ2n) is 3.92. The van der Waals surface area contributed by atoms with Crippen molar-refractivity contribution in [2.24, 2.45) is 0 Å². The van der Waals surface area contributed by atoms with E-state index < -0.39 is 0 Å². The van der Waals surface area contributed by atoms with Crippen LogP contribution in [0, 0.1) is 6.92 Å². The van der Waals surface area contributed by atoms with Crippen LogP contribution in [0.3, 0.4) is 0 Å². The number of rotatable bonds is 4. The van der Waals surface area contributed by atoms with Crippen LogP contribution in [-0.2, 0) is 6.54 Å².